The van der Waals surface area contributed by atoms with Gasteiger partial charge in [-0.2, -0.15) is 0 Å². The summed E-state index contributed by atoms with van der Waals surface area (Å²) in [4.78, 5) is 62.9. The standard InChI is InChI=1S/C33H52N4O7/c1-6-11-25(35-33(44)31(21(5)7-2)37-28(39)14-10-15-30(41)42)32(43)36-26(16-20(3)4)27(38)19-29(40)34-24-17-22-12-8-9-13-23(22)18-24/h8-9,12-13,20-21,24-27,31,38H,6-7,10-11,14-19H2,1-5H3,(H,34,40)(H,35,44)(H,36,43)(H,37,39)(H,41,42)/t21-,25-,26-,27-,31-/m0/s1. The average molecular weight is 617 g/mol. The summed E-state index contributed by atoms with van der Waals surface area (Å²) in [5, 5.41) is 31.3. The van der Waals surface area contributed by atoms with Crippen LogP contribution in [0.3, 0.4) is 0 Å². The first-order chi connectivity index (χ1) is 20.8. The van der Waals surface area contributed by atoms with Crippen LogP contribution in [0.15, 0.2) is 24.3 Å². The lowest BCUT2D eigenvalue weighted by Gasteiger charge is -2.30. The van der Waals surface area contributed by atoms with Crippen LogP contribution in [0.1, 0.15) is 97.1 Å². The normalized spacial score (nSPS) is 16.2. The third kappa shape index (κ3) is 12.3. The van der Waals surface area contributed by atoms with Crippen LogP contribution in [0, 0.1) is 11.8 Å². The molecule has 1 aliphatic rings. The molecule has 0 saturated heterocycles. The Bertz CT molecular complexity index is 1100. The molecule has 0 aliphatic heterocycles. The number of aliphatic hydroxyl groups is 1. The minimum atomic E-state index is -1.12. The van der Waals surface area contributed by atoms with Crippen LogP contribution in [0.25, 0.3) is 0 Å². The average Bonchev–Trinajstić information content (AvgIpc) is 3.36. The molecule has 0 fully saturated rings. The lowest BCUT2D eigenvalue weighted by molar-refractivity contribution is -0.137. The fraction of sp³-hybridized carbons (Fsp3) is 0.667. The van der Waals surface area contributed by atoms with Gasteiger partial charge in [0, 0.05) is 18.9 Å². The van der Waals surface area contributed by atoms with Crippen molar-refractivity contribution >= 4 is 29.6 Å². The van der Waals surface area contributed by atoms with Crippen molar-refractivity contribution in [2.45, 2.75) is 129 Å². The number of benzene rings is 1. The van der Waals surface area contributed by atoms with Crippen molar-refractivity contribution in [3.8, 4) is 0 Å². The lowest BCUT2D eigenvalue weighted by Crippen LogP contribution is -2.57. The van der Waals surface area contributed by atoms with Gasteiger partial charge < -0.3 is 31.5 Å². The Morgan fingerprint density at radius 2 is 1.52 bits per heavy atom. The summed E-state index contributed by atoms with van der Waals surface area (Å²) in [7, 11) is 0. The van der Waals surface area contributed by atoms with Crippen LogP contribution < -0.4 is 21.3 Å². The van der Waals surface area contributed by atoms with Crippen molar-refractivity contribution in [1.82, 2.24) is 21.3 Å². The Balaban J connectivity index is 2.03. The SMILES string of the molecule is CCC[C@H](NC(=O)[C@@H](NC(=O)CCCC(=O)O)[C@@H](C)CC)C(=O)N[C@@H](CC(C)C)[C@@H](O)CC(=O)NC1Cc2ccccc2C1. The first-order valence-electron chi connectivity index (χ1n) is 16.0. The smallest absolute Gasteiger partial charge is 0.303 e. The topological polar surface area (TPSA) is 174 Å². The molecule has 4 amide bonds. The molecular formula is C33H52N4O7. The number of carbonyl (C=O) groups is 5. The molecule has 0 spiro atoms. The van der Waals surface area contributed by atoms with Gasteiger partial charge in [-0.25, -0.2) is 0 Å². The van der Waals surface area contributed by atoms with Crippen molar-refractivity contribution in [3.05, 3.63) is 35.4 Å². The van der Waals surface area contributed by atoms with Gasteiger partial charge in [-0.3, -0.25) is 24.0 Å². The maximum atomic E-state index is 13.5. The van der Waals surface area contributed by atoms with E-state index < -0.39 is 47.9 Å². The van der Waals surface area contributed by atoms with Crippen molar-refractivity contribution in [2.75, 3.05) is 0 Å². The van der Waals surface area contributed by atoms with E-state index in [1.54, 1.807) is 0 Å². The van der Waals surface area contributed by atoms with Gasteiger partial charge in [-0.05, 0) is 55.1 Å². The second-order valence-electron chi connectivity index (χ2n) is 12.5. The molecule has 1 aliphatic carbocycles. The number of carboxylic acid groups (broad SMARTS) is 1. The zero-order valence-electron chi connectivity index (χ0n) is 26.9. The molecule has 0 heterocycles. The predicted octanol–water partition coefficient (Wildman–Crippen LogP) is 2.62. The summed E-state index contributed by atoms with van der Waals surface area (Å²) in [5.74, 6) is -2.79. The molecule has 0 saturated carbocycles. The molecule has 2 rings (SSSR count). The maximum Gasteiger partial charge on any atom is 0.303 e. The number of nitrogens with one attached hydrogen (secondary N) is 4. The van der Waals surface area contributed by atoms with Crippen molar-refractivity contribution < 1.29 is 34.2 Å². The van der Waals surface area contributed by atoms with Gasteiger partial charge in [0.2, 0.25) is 23.6 Å². The molecule has 0 aromatic heterocycles. The Morgan fingerprint density at radius 3 is 2.07 bits per heavy atom. The van der Waals surface area contributed by atoms with E-state index in [1.807, 2.05) is 46.8 Å². The molecule has 0 bridgehead atoms. The van der Waals surface area contributed by atoms with Gasteiger partial charge in [-0.15, -0.1) is 0 Å². The van der Waals surface area contributed by atoms with Crippen LogP contribution >= 0.6 is 0 Å². The Labute approximate surface area is 261 Å². The fourth-order valence-electron chi connectivity index (χ4n) is 5.55. The summed E-state index contributed by atoms with van der Waals surface area (Å²) in [6.07, 6.45) is 2.13. The van der Waals surface area contributed by atoms with Gasteiger partial charge in [0.05, 0.1) is 18.6 Å². The van der Waals surface area contributed by atoms with E-state index in [1.165, 1.54) is 11.1 Å². The van der Waals surface area contributed by atoms with E-state index in [0.29, 0.717) is 25.7 Å². The van der Waals surface area contributed by atoms with Crippen molar-refractivity contribution in [3.63, 3.8) is 0 Å². The second-order valence-corrected chi connectivity index (χ2v) is 12.5. The molecule has 1 aromatic carbocycles. The first kappa shape index (κ1) is 36.7. The highest BCUT2D eigenvalue weighted by molar-refractivity contribution is 5.92. The Hall–Kier alpha value is -3.47. The lowest BCUT2D eigenvalue weighted by atomic mass is 9.95. The van der Waals surface area contributed by atoms with E-state index >= 15 is 0 Å². The fourth-order valence-corrected chi connectivity index (χ4v) is 5.55. The molecule has 11 heteroatoms. The van der Waals surface area contributed by atoms with Crippen LogP contribution in [0.4, 0.5) is 0 Å². The van der Waals surface area contributed by atoms with Gasteiger partial charge >= 0.3 is 5.97 Å². The summed E-state index contributed by atoms with van der Waals surface area (Å²) in [6, 6.07) is 5.52. The third-order valence-corrected chi connectivity index (χ3v) is 8.14. The van der Waals surface area contributed by atoms with Crippen molar-refractivity contribution in [2.24, 2.45) is 11.8 Å². The van der Waals surface area contributed by atoms with E-state index in [4.69, 9.17) is 5.11 Å². The zero-order chi connectivity index (χ0) is 32.8. The molecule has 6 N–H and O–H groups in total. The highest BCUT2D eigenvalue weighted by Gasteiger charge is 2.32. The van der Waals surface area contributed by atoms with Crippen molar-refractivity contribution in [1.29, 1.82) is 0 Å². The number of rotatable bonds is 19. The van der Waals surface area contributed by atoms with Gasteiger partial charge in [0.15, 0.2) is 0 Å². The number of aliphatic carboxylic acids is 1. The number of hydrogen-bond acceptors (Lipinski definition) is 6. The molecule has 0 radical (unpaired) electrons. The zero-order valence-corrected chi connectivity index (χ0v) is 26.9. The summed E-state index contributed by atoms with van der Waals surface area (Å²) < 4.78 is 0. The van der Waals surface area contributed by atoms with E-state index in [2.05, 4.69) is 33.4 Å². The second kappa shape index (κ2) is 18.4. The number of carbonyl (C=O) groups excluding carboxylic acids is 4. The molecule has 0 unspecified atom stereocenters. The minimum Gasteiger partial charge on any atom is -0.481 e. The molecular weight excluding hydrogens is 564 g/mol. The largest absolute Gasteiger partial charge is 0.481 e. The van der Waals surface area contributed by atoms with E-state index in [0.717, 1.165) is 12.8 Å². The molecule has 44 heavy (non-hydrogen) atoms. The van der Waals surface area contributed by atoms with Gasteiger partial charge in [-0.1, -0.05) is 71.7 Å². The molecule has 1 aromatic rings. The summed E-state index contributed by atoms with van der Waals surface area (Å²) in [5.41, 5.74) is 2.42. The van der Waals surface area contributed by atoms with E-state index in [-0.39, 0.29) is 49.5 Å². The molecule has 246 valence electrons. The monoisotopic (exact) mass is 616 g/mol. The number of fused-ring (bicyclic) bond motifs is 1. The number of hydrogen-bond donors (Lipinski definition) is 6. The van der Waals surface area contributed by atoms with Crippen LogP contribution in [0.2, 0.25) is 0 Å². The number of carboxylic acids is 1. The van der Waals surface area contributed by atoms with Gasteiger partial charge in [0.25, 0.3) is 0 Å². The minimum absolute atomic E-state index is 0.0264. The molecule has 5 atom stereocenters. The van der Waals surface area contributed by atoms with E-state index in [9.17, 15) is 29.1 Å². The van der Waals surface area contributed by atoms with Gasteiger partial charge in [0.1, 0.15) is 12.1 Å². The predicted molar refractivity (Wildman–Crippen MR) is 168 cm³/mol. The Morgan fingerprint density at radius 1 is 0.886 bits per heavy atom. The van der Waals surface area contributed by atoms with Crippen LogP contribution in [-0.4, -0.2) is 70.1 Å². The molecule has 11 nitrogen and oxygen atoms in total. The highest BCUT2D eigenvalue weighted by atomic mass is 16.4. The first-order valence-corrected chi connectivity index (χ1v) is 16.0. The Kier molecular flexibility index (Phi) is 15.3. The quantitative estimate of drug-likeness (QED) is 0.139. The maximum absolute atomic E-state index is 13.5. The number of aliphatic hydroxyl groups excluding tert-OH is 1. The van der Waals surface area contributed by atoms with Crippen LogP contribution in [0.5, 0.6) is 0 Å². The third-order valence-electron chi connectivity index (χ3n) is 8.14. The summed E-state index contributed by atoms with van der Waals surface area (Å²) in [6.45, 7) is 9.51. The highest BCUT2D eigenvalue weighted by Crippen LogP contribution is 2.22. The summed E-state index contributed by atoms with van der Waals surface area (Å²) >= 11 is 0. The number of amides is 4. The van der Waals surface area contributed by atoms with Crippen LogP contribution in [-0.2, 0) is 36.8 Å².